The lowest BCUT2D eigenvalue weighted by Crippen LogP contribution is -2.38. The van der Waals surface area contributed by atoms with Crippen molar-refractivity contribution in [2.24, 2.45) is 0 Å². The maximum atomic E-state index is 12.2. The second-order valence-corrected chi connectivity index (χ2v) is 5.20. The van der Waals surface area contributed by atoms with E-state index in [2.05, 4.69) is 5.32 Å². The lowest BCUT2D eigenvalue weighted by Gasteiger charge is -2.30. The maximum absolute atomic E-state index is 12.2. The molecule has 1 fully saturated rings. The molecule has 0 saturated heterocycles. The summed E-state index contributed by atoms with van der Waals surface area (Å²) in [6, 6.07) is 5.49. The number of hydrogen-bond donors (Lipinski definition) is 1. The summed E-state index contributed by atoms with van der Waals surface area (Å²) < 4.78 is 0. The van der Waals surface area contributed by atoms with Gasteiger partial charge in [-0.2, -0.15) is 0 Å². The molecule has 3 nitrogen and oxygen atoms in total. The highest BCUT2D eigenvalue weighted by Crippen LogP contribution is 2.47. The Hall–Kier alpha value is -1.35. The van der Waals surface area contributed by atoms with Crippen molar-refractivity contribution >= 4 is 29.0 Å². The number of nitrogens with one attached hydrogen (secondary N) is 1. The first-order valence-corrected chi connectivity index (χ1v) is 6.13. The van der Waals surface area contributed by atoms with E-state index < -0.39 is 5.41 Å². The average molecular weight is 250 g/mol. The fourth-order valence-corrected chi connectivity index (χ4v) is 3.03. The molecule has 1 aliphatic carbocycles. The molecule has 88 valence electrons. The van der Waals surface area contributed by atoms with E-state index in [-0.39, 0.29) is 11.7 Å². The van der Waals surface area contributed by atoms with E-state index in [4.69, 9.17) is 11.6 Å². The van der Waals surface area contributed by atoms with Crippen LogP contribution in [0.2, 0.25) is 5.02 Å². The van der Waals surface area contributed by atoms with Crippen LogP contribution in [0.15, 0.2) is 18.2 Å². The van der Waals surface area contributed by atoms with E-state index in [1.165, 1.54) is 0 Å². The number of carbonyl (C=O) groups excluding carboxylic acids is 2. The van der Waals surface area contributed by atoms with Crippen LogP contribution in [0.5, 0.6) is 0 Å². The SMILES string of the molecule is O=C1CCC2(CC1)C(=O)Nc1cc(Cl)ccc12. The Morgan fingerprint density at radius 3 is 2.59 bits per heavy atom. The van der Waals surface area contributed by atoms with Gasteiger partial charge in [-0.3, -0.25) is 9.59 Å². The average Bonchev–Trinajstić information content (AvgIpc) is 2.55. The van der Waals surface area contributed by atoms with Gasteiger partial charge in [0.05, 0.1) is 5.41 Å². The first-order valence-electron chi connectivity index (χ1n) is 5.75. The molecule has 1 N–H and O–H groups in total. The number of carbonyl (C=O) groups is 2. The summed E-state index contributed by atoms with van der Waals surface area (Å²) in [6.45, 7) is 0. The smallest absolute Gasteiger partial charge is 0.235 e. The van der Waals surface area contributed by atoms with Crippen molar-refractivity contribution in [3.8, 4) is 0 Å². The number of fused-ring (bicyclic) bond motifs is 2. The van der Waals surface area contributed by atoms with Gasteiger partial charge in [0.1, 0.15) is 5.78 Å². The largest absolute Gasteiger partial charge is 0.325 e. The Bertz CT molecular complexity index is 514. The summed E-state index contributed by atoms with van der Waals surface area (Å²) in [7, 11) is 0. The fraction of sp³-hybridized carbons (Fsp3) is 0.385. The van der Waals surface area contributed by atoms with Crippen LogP contribution in [0.3, 0.4) is 0 Å². The van der Waals surface area contributed by atoms with Gasteiger partial charge in [0, 0.05) is 23.6 Å². The molecule has 0 bridgehead atoms. The molecule has 0 radical (unpaired) electrons. The van der Waals surface area contributed by atoms with Crippen LogP contribution in [-0.4, -0.2) is 11.7 Å². The minimum atomic E-state index is -0.492. The molecule has 1 aliphatic heterocycles. The second-order valence-electron chi connectivity index (χ2n) is 4.76. The number of halogens is 1. The molecular weight excluding hydrogens is 238 g/mol. The van der Waals surface area contributed by atoms with Gasteiger partial charge in [0.25, 0.3) is 0 Å². The zero-order chi connectivity index (χ0) is 12.0. The predicted molar refractivity (Wildman–Crippen MR) is 65.2 cm³/mol. The fourth-order valence-electron chi connectivity index (χ4n) is 2.85. The van der Waals surface area contributed by atoms with Crippen molar-refractivity contribution in [1.29, 1.82) is 0 Å². The predicted octanol–water partition coefficient (Wildman–Crippen LogP) is 2.67. The first-order chi connectivity index (χ1) is 8.12. The highest BCUT2D eigenvalue weighted by Gasteiger charge is 2.48. The summed E-state index contributed by atoms with van der Waals surface area (Å²) in [5.74, 6) is 0.271. The van der Waals surface area contributed by atoms with E-state index in [1.54, 1.807) is 12.1 Å². The van der Waals surface area contributed by atoms with Gasteiger partial charge in [0.2, 0.25) is 5.91 Å². The quantitative estimate of drug-likeness (QED) is 0.768. The molecule has 4 heteroatoms. The summed E-state index contributed by atoms with van der Waals surface area (Å²) in [5.41, 5.74) is 1.31. The number of Topliss-reactive ketones (excluding diaryl/α,β-unsaturated/α-hetero) is 1. The number of amides is 1. The number of rotatable bonds is 0. The minimum absolute atomic E-state index is 0.0160. The lowest BCUT2D eigenvalue weighted by molar-refractivity contribution is -0.126. The molecule has 3 rings (SSSR count). The number of anilines is 1. The van der Waals surface area contributed by atoms with Crippen molar-refractivity contribution in [2.45, 2.75) is 31.1 Å². The van der Waals surface area contributed by atoms with E-state index in [9.17, 15) is 9.59 Å². The summed E-state index contributed by atoms with van der Waals surface area (Å²) in [6.07, 6.45) is 2.23. The Balaban J connectivity index is 2.07. The van der Waals surface area contributed by atoms with Crippen LogP contribution in [-0.2, 0) is 15.0 Å². The van der Waals surface area contributed by atoms with Crippen LogP contribution in [0, 0.1) is 0 Å². The highest BCUT2D eigenvalue weighted by atomic mass is 35.5. The lowest BCUT2D eigenvalue weighted by atomic mass is 9.70. The summed E-state index contributed by atoms with van der Waals surface area (Å²) in [4.78, 5) is 23.5. The monoisotopic (exact) mass is 249 g/mol. The molecule has 0 aromatic heterocycles. The van der Waals surface area contributed by atoms with E-state index >= 15 is 0 Å². The van der Waals surface area contributed by atoms with Gasteiger partial charge in [-0.1, -0.05) is 17.7 Å². The van der Waals surface area contributed by atoms with Gasteiger partial charge >= 0.3 is 0 Å². The Kier molecular flexibility index (Phi) is 2.26. The third-order valence-corrected chi connectivity index (χ3v) is 4.08. The molecule has 1 heterocycles. The normalized spacial score (nSPS) is 21.5. The molecule has 2 aliphatic rings. The van der Waals surface area contributed by atoms with Gasteiger partial charge in [0.15, 0.2) is 0 Å². The van der Waals surface area contributed by atoms with Crippen LogP contribution >= 0.6 is 11.6 Å². The molecule has 17 heavy (non-hydrogen) atoms. The standard InChI is InChI=1S/C13H12ClNO2/c14-8-1-2-10-11(7-8)15-12(17)13(10)5-3-9(16)4-6-13/h1-2,7H,3-6H2,(H,15,17). The zero-order valence-corrected chi connectivity index (χ0v) is 10.0. The van der Waals surface area contributed by atoms with Crippen molar-refractivity contribution in [3.05, 3.63) is 28.8 Å². The van der Waals surface area contributed by atoms with Gasteiger partial charge in [-0.25, -0.2) is 0 Å². The Morgan fingerprint density at radius 1 is 1.18 bits per heavy atom. The zero-order valence-electron chi connectivity index (χ0n) is 9.25. The van der Waals surface area contributed by atoms with Crippen LogP contribution in [0.1, 0.15) is 31.2 Å². The van der Waals surface area contributed by atoms with E-state index in [0.29, 0.717) is 30.7 Å². The number of benzene rings is 1. The summed E-state index contributed by atoms with van der Waals surface area (Å²) >= 11 is 5.92. The third kappa shape index (κ3) is 1.49. The van der Waals surface area contributed by atoms with E-state index in [0.717, 1.165) is 11.3 Å². The van der Waals surface area contributed by atoms with Crippen molar-refractivity contribution in [1.82, 2.24) is 0 Å². The third-order valence-electron chi connectivity index (χ3n) is 3.84. The molecule has 1 aromatic rings. The molecule has 1 amide bonds. The minimum Gasteiger partial charge on any atom is -0.325 e. The second kappa shape index (κ2) is 3.57. The van der Waals surface area contributed by atoms with Gasteiger partial charge in [-0.05, 0) is 30.5 Å². The van der Waals surface area contributed by atoms with E-state index in [1.807, 2.05) is 6.07 Å². The number of hydrogen-bond acceptors (Lipinski definition) is 2. The number of ketones is 1. The molecule has 0 atom stereocenters. The summed E-state index contributed by atoms with van der Waals surface area (Å²) in [5, 5.41) is 3.50. The molecule has 1 spiro atoms. The van der Waals surface area contributed by atoms with Crippen molar-refractivity contribution < 1.29 is 9.59 Å². The Labute approximate surface area is 104 Å². The van der Waals surface area contributed by atoms with Crippen molar-refractivity contribution in [3.63, 3.8) is 0 Å². The molecular formula is C13H12ClNO2. The topological polar surface area (TPSA) is 46.2 Å². The highest BCUT2D eigenvalue weighted by molar-refractivity contribution is 6.31. The maximum Gasteiger partial charge on any atom is 0.235 e. The molecule has 1 aromatic carbocycles. The van der Waals surface area contributed by atoms with Crippen molar-refractivity contribution in [2.75, 3.05) is 5.32 Å². The van der Waals surface area contributed by atoms with Crippen LogP contribution < -0.4 is 5.32 Å². The van der Waals surface area contributed by atoms with Gasteiger partial charge < -0.3 is 5.32 Å². The van der Waals surface area contributed by atoms with Crippen LogP contribution in [0.4, 0.5) is 5.69 Å². The molecule has 0 unspecified atom stereocenters. The Morgan fingerprint density at radius 2 is 1.88 bits per heavy atom. The molecule has 1 saturated carbocycles. The van der Waals surface area contributed by atoms with Crippen LogP contribution in [0.25, 0.3) is 0 Å². The first kappa shape index (κ1) is 10.8. The van der Waals surface area contributed by atoms with Gasteiger partial charge in [-0.15, -0.1) is 0 Å².